The number of hydrogen-bond acceptors (Lipinski definition) is 6. The first-order valence-corrected chi connectivity index (χ1v) is 6.39. The SMILES string of the molecule is CNc1ncnc(Nc2cccc(I)c2)c1[N+](=O)[O-]. The molecule has 1 aromatic carbocycles. The van der Waals surface area contributed by atoms with Gasteiger partial charge in [-0.1, -0.05) is 6.07 Å². The Labute approximate surface area is 122 Å². The van der Waals surface area contributed by atoms with Crippen LogP contribution in [0.4, 0.5) is 23.0 Å². The zero-order valence-electron chi connectivity index (χ0n) is 9.92. The third-order valence-corrected chi connectivity index (χ3v) is 3.00. The van der Waals surface area contributed by atoms with Crippen molar-refractivity contribution in [3.63, 3.8) is 0 Å². The molecule has 7 nitrogen and oxygen atoms in total. The summed E-state index contributed by atoms with van der Waals surface area (Å²) in [5.41, 5.74) is 0.555. The first kappa shape index (κ1) is 13.5. The van der Waals surface area contributed by atoms with Gasteiger partial charge in [0, 0.05) is 16.3 Å². The van der Waals surface area contributed by atoms with Crippen LogP contribution in [0.3, 0.4) is 0 Å². The van der Waals surface area contributed by atoms with E-state index in [4.69, 9.17) is 0 Å². The Morgan fingerprint density at radius 3 is 2.68 bits per heavy atom. The molecule has 2 N–H and O–H groups in total. The summed E-state index contributed by atoms with van der Waals surface area (Å²) in [7, 11) is 1.57. The van der Waals surface area contributed by atoms with Crippen LogP contribution in [-0.4, -0.2) is 21.9 Å². The summed E-state index contributed by atoms with van der Waals surface area (Å²) in [4.78, 5) is 18.4. The molecule has 1 heterocycles. The minimum atomic E-state index is -0.512. The Morgan fingerprint density at radius 1 is 1.32 bits per heavy atom. The van der Waals surface area contributed by atoms with E-state index in [-0.39, 0.29) is 17.3 Å². The monoisotopic (exact) mass is 371 g/mol. The molecule has 0 aliphatic heterocycles. The van der Waals surface area contributed by atoms with Crippen LogP contribution in [0.1, 0.15) is 0 Å². The molecule has 0 fully saturated rings. The molecule has 19 heavy (non-hydrogen) atoms. The Bertz CT molecular complexity index is 620. The van der Waals surface area contributed by atoms with Crippen LogP contribution < -0.4 is 10.6 Å². The van der Waals surface area contributed by atoms with Crippen LogP contribution in [0, 0.1) is 13.7 Å². The van der Waals surface area contributed by atoms with Crippen molar-refractivity contribution in [1.82, 2.24) is 9.97 Å². The van der Waals surface area contributed by atoms with Gasteiger partial charge in [0.15, 0.2) is 0 Å². The highest BCUT2D eigenvalue weighted by molar-refractivity contribution is 14.1. The van der Waals surface area contributed by atoms with E-state index in [0.717, 1.165) is 9.26 Å². The Hall–Kier alpha value is -1.97. The Balaban J connectivity index is 2.42. The quantitative estimate of drug-likeness (QED) is 0.488. The van der Waals surface area contributed by atoms with E-state index in [1.807, 2.05) is 24.3 Å². The van der Waals surface area contributed by atoms with Gasteiger partial charge >= 0.3 is 5.69 Å². The summed E-state index contributed by atoms with van der Waals surface area (Å²) in [6, 6.07) is 7.47. The van der Waals surface area contributed by atoms with Crippen molar-refractivity contribution in [2.24, 2.45) is 0 Å². The summed E-state index contributed by atoms with van der Waals surface area (Å²) in [6.07, 6.45) is 1.27. The summed E-state index contributed by atoms with van der Waals surface area (Å²) in [6.45, 7) is 0. The predicted octanol–water partition coefficient (Wildman–Crippen LogP) is 2.77. The molecule has 0 aliphatic carbocycles. The standard InChI is InChI=1S/C11H10IN5O2/c1-13-10-9(17(18)19)11(15-6-14-10)16-8-4-2-3-7(12)5-8/h2-6H,1H3,(H2,13,14,15,16). The number of nitrogens with one attached hydrogen (secondary N) is 2. The van der Waals surface area contributed by atoms with Gasteiger partial charge in [-0.3, -0.25) is 10.1 Å². The van der Waals surface area contributed by atoms with Gasteiger partial charge in [0.25, 0.3) is 0 Å². The van der Waals surface area contributed by atoms with Crippen LogP contribution in [0.5, 0.6) is 0 Å². The van der Waals surface area contributed by atoms with Crippen LogP contribution in [0.2, 0.25) is 0 Å². The van der Waals surface area contributed by atoms with E-state index >= 15 is 0 Å². The van der Waals surface area contributed by atoms with Crippen LogP contribution in [0.15, 0.2) is 30.6 Å². The van der Waals surface area contributed by atoms with E-state index in [1.165, 1.54) is 6.33 Å². The van der Waals surface area contributed by atoms with Crippen molar-refractivity contribution in [3.05, 3.63) is 44.3 Å². The first-order valence-electron chi connectivity index (χ1n) is 5.31. The van der Waals surface area contributed by atoms with Crippen molar-refractivity contribution in [2.45, 2.75) is 0 Å². The smallest absolute Gasteiger partial charge is 0.353 e. The van der Waals surface area contributed by atoms with Crippen LogP contribution in [0.25, 0.3) is 0 Å². The molecule has 0 saturated heterocycles. The van der Waals surface area contributed by atoms with Crippen molar-refractivity contribution in [3.8, 4) is 0 Å². The Morgan fingerprint density at radius 2 is 2.05 bits per heavy atom. The Kier molecular flexibility index (Phi) is 4.10. The first-order chi connectivity index (χ1) is 9.11. The van der Waals surface area contributed by atoms with Crippen molar-refractivity contribution < 1.29 is 4.92 Å². The van der Waals surface area contributed by atoms with E-state index in [9.17, 15) is 10.1 Å². The molecule has 0 amide bonds. The highest BCUT2D eigenvalue weighted by Gasteiger charge is 2.22. The number of hydrogen-bond donors (Lipinski definition) is 2. The highest BCUT2D eigenvalue weighted by atomic mass is 127. The van der Waals surface area contributed by atoms with Gasteiger partial charge in [0.2, 0.25) is 11.6 Å². The number of anilines is 3. The van der Waals surface area contributed by atoms with E-state index in [1.54, 1.807) is 7.05 Å². The molecule has 0 spiro atoms. The van der Waals surface area contributed by atoms with Gasteiger partial charge in [-0.15, -0.1) is 0 Å². The van der Waals surface area contributed by atoms with Crippen molar-refractivity contribution >= 4 is 45.6 Å². The number of nitrogens with zero attached hydrogens (tertiary/aromatic N) is 3. The third kappa shape index (κ3) is 3.08. The maximum atomic E-state index is 11.1. The van der Waals surface area contributed by atoms with E-state index in [2.05, 4.69) is 43.2 Å². The van der Waals surface area contributed by atoms with E-state index < -0.39 is 4.92 Å². The molecule has 0 radical (unpaired) electrons. The summed E-state index contributed by atoms with van der Waals surface area (Å²) < 4.78 is 1.02. The lowest BCUT2D eigenvalue weighted by Gasteiger charge is -2.08. The number of benzene rings is 1. The fraction of sp³-hybridized carbons (Fsp3) is 0.0909. The summed E-state index contributed by atoms with van der Waals surface area (Å²) in [5, 5.41) is 16.7. The molecule has 2 rings (SSSR count). The molecule has 0 saturated carbocycles. The number of halogens is 1. The second-order valence-corrected chi connectivity index (χ2v) is 4.81. The molecule has 1 aromatic heterocycles. The molecule has 0 atom stereocenters. The molecule has 98 valence electrons. The third-order valence-electron chi connectivity index (χ3n) is 2.33. The van der Waals surface area contributed by atoms with Gasteiger partial charge in [-0.2, -0.15) is 0 Å². The minimum Gasteiger partial charge on any atom is -0.367 e. The van der Waals surface area contributed by atoms with Gasteiger partial charge in [-0.25, -0.2) is 9.97 Å². The largest absolute Gasteiger partial charge is 0.367 e. The lowest BCUT2D eigenvalue weighted by atomic mass is 10.3. The highest BCUT2D eigenvalue weighted by Crippen LogP contribution is 2.30. The molecular formula is C11H10IN5O2. The normalized spacial score (nSPS) is 10.0. The number of rotatable bonds is 4. The second-order valence-electron chi connectivity index (χ2n) is 3.56. The zero-order chi connectivity index (χ0) is 13.8. The minimum absolute atomic E-state index is 0.159. The van der Waals surface area contributed by atoms with Gasteiger partial charge in [-0.05, 0) is 40.8 Å². The fourth-order valence-corrected chi connectivity index (χ4v) is 2.07. The van der Waals surface area contributed by atoms with Crippen molar-refractivity contribution in [1.29, 1.82) is 0 Å². The molecular weight excluding hydrogens is 361 g/mol. The maximum Gasteiger partial charge on any atom is 0.353 e. The van der Waals surface area contributed by atoms with Crippen molar-refractivity contribution in [2.75, 3.05) is 17.7 Å². The van der Waals surface area contributed by atoms with Gasteiger partial charge in [0.05, 0.1) is 4.92 Å². The van der Waals surface area contributed by atoms with Crippen LogP contribution in [-0.2, 0) is 0 Å². The predicted molar refractivity (Wildman–Crippen MR) is 80.7 cm³/mol. The topological polar surface area (TPSA) is 93.0 Å². The zero-order valence-corrected chi connectivity index (χ0v) is 12.1. The van der Waals surface area contributed by atoms with Gasteiger partial charge in [0.1, 0.15) is 6.33 Å². The van der Waals surface area contributed by atoms with Crippen LogP contribution >= 0.6 is 22.6 Å². The molecule has 8 heteroatoms. The van der Waals surface area contributed by atoms with Gasteiger partial charge < -0.3 is 10.6 Å². The lowest BCUT2D eigenvalue weighted by Crippen LogP contribution is -2.05. The van der Waals surface area contributed by atoms with E-state index in [0.29, 0.717) is 0 Å². The number of nitro groups is 1. The fourth-order valence-electron chi connectivity index (χ4n) is 1.53. The average molecular weight is 371 g/mol. The summed E-state index contributed by atoms with van der Waals surface area (Å²) in [5.74, 6) is 0.333. The maximum absolute atomic E-state index is 11.1. The molecule has 2 aromatic rings. The lowest BCUT2D eigenvalue weighted by molar-refractivity contribution is -0.383. The average Bonchev–Trinajstić information content (AvgIpc) is 2.38. The molecule has 0 aliphatic rings. The number of aromatic nitrogens is 2. The molecule has 0 unspecified atom stereocenters. The summed E-state index contributed by atoms with van der Waals surface area (Å²) >= 11 is 2.17. The second kappa shape index (κ2) is 5.78. The molecule has 0 bridgehead atoms.